The van der Waals surface area contributed by atoms with Gasteiger partial charge in [0.2, 0.25) is 0 Å². The number of aliphatic hydroxyl groups is 1. The van der Waals surface area contributed by atoms with E-state index in [1.54, 1.807) is 12.1 Å². The molecule has 7 heteroatoms. The molecule has 1 aromatic carbocycles. The van der Waals surface area contributed by atoms with Crippen LogP contribution in [0.3, 0.4) is 0 Å². The van der Waals surface area contributed by atoms with E-state index in [-0.39, 0.29) is 21.9 Å². The summed E-state index contributed by atoms with van der Waals surface area (Å²) in [5.74, 6) is 0.178. The van der Waals surface area contributed by atoms with Gasteiger partial charge in [-0.05, 0) is 53.0 Å². The van der Waals surface area contributed by atoms with Crippen LogP contribution in [-0.4, -0.2) is 13.5 Å². The van der Waals surface area contributed by atoms with Gasteiger partial charge in [0.05, 0.1) is 0 Å². The molecular weight excluding hydrogens is 346 g/mol. The Morgan fingerprint density at radius 1 is 1.25 bits per heavy atom. The maximum Gasteiger partial charge on any atom is 0.266 e. The second-order valence-corrected chi connectivity index (χ2v) is 6.78. The van der Waals surface area contributed by atoms with Crippen molar-refractivity contribution in [1.29, 1.82) is 0 Å². The van der Waals surface area contributed by atoms with Crippen LogP contribution in [0.2, 0.25) is 0 Å². The standard InChI is InChI=1S/C13H14BrNO4S/c1-8-3-4-10(5-9(8)2)15-20(17,18)12-6-11(7-16)19-13(12)14/h3-6,15-16H,7H2,1-2H3. The minimum absolute atomic E-state index is 0.0419. The summed E-state index contributed by atoms with van der Waals surface area (Å²) in [4.78, 5) is -0.0419. The summed E-state index contributed by atoms with van der Waals surface area (Å²) in [6.07, 6.45) is 0. The third kappa shape index (κ3) is 3.05. The highest BCUT2D eigenvalue weighted by Gasteiger charge is 2.22. The molecule has 1 heterocycles. The van der Waals surface area contributed by atoms with Gasteiger partial charge < -0.3 is 9.52 Å². The third-order valence-corrected chi connectivity index (χ3v) is 5.15. The number of rotatable bonds is 4. The zero-order chi connectivity index (χ0) is 14.9. The number of aryl methyl sites for hydroxylation is 2. The molecule has 0 radical (unpaired) electrons. The zero-order valence-electron chi connectivity index (χ0n) is 11.0. The molecule has 20 heavy (non-hydrogen) atoms. The second-order valence-electron chi connectivity index (χ2n) is 4.41. The average Bonchev–Trinajstić information content (AvgIpc) is 2.76. The van der Waals surface area contributed by atoms with Gasteiger partial charge in [0.15, 0.2) is 4.67 Å². The van der Waals surface area contributed by atoms with Crippen LogP contribution in [0.5, 0.6) is 0 Å². The van der Waals surface area contributed by atoms with Gasteiger partial charge in [0.1, 0.15) is 17.3 Å². The largest absolute Gasteiger partial charge is 0.450 e. The first-order valence-corrected chi connectivity index (χ1v) is 8.10. The molecular formula is C13H14BrNO4S. The van der Waals surface area contributed by atoms with Crippen molar-refractivity contribution in [3.63, 3.8) is 0 Å². The summed E-state index contributed by atoms with van der Waals surface area (Å²) in [5, 5.41) is 8.97. The predicted octanol–water partition coefficient (Wildman–Crippen LogP) is 2.95. The van der Waals surface area contributed by atoms with Gasteiger partial charge in [-0.25, -0.2) is 8.42 Å². The molecule has 0 aliphatic heterocycles. The molecule has 0 saturated carbocycles. The molecule has 0 aliphatic rings. The monoisotopic (exact) mass is 359 g/mol. The van der Waals surface area contributed by atoms with Crippen LogP contribution in [0.15, 0.2) is 38.2 Å². The normalized spacial score (nSPS) is 11.6. The van der Waals surface area contributed by atoms with Crippen LogP contribution in [0.4, 0.5) is 5.69 Å². The fourth-order valence-corrected chi connectivity index (χ4v) is 3.72. The van der Waals surface area contributed by atoms with Gasteiger partial charge in [-0.3, -0.25) is 4.72 Å². The number of halogens is 1. The topological polar surface area (TPSA) is 79.5 Å². The van der Waals surface area contributed by atoms with Crippen molar-refractivity contribution >= 4 is 31.6 Å². The van der Waals surface area contributed by atoms with Crippen LogP contribution in [0, 0.1) is 13.8 Å². The molecule has 5 nitrogen and oxygen atoms in total. The number of hydrogen-bond donors (Lipinski definition) is 2. The molecule has 0 atom stereocenters. The van der Waals surface area contributed by atoms with Gasteiger partial charge >= 0.3 is 0 Å². The maximum absolute atomic E-state index is 12.3. The number of sulfonamides is 1. The Kier molecular flexibility index (Phi) is 4.22. The van der Waals surface area contributed by atoms with E-state index in [0.29, 0.717) is 5.69 Å². The number of anilines is 1. The Labute approximate surface area is 125 Å². The number of nitrogens with one attached hydrogen (secondary N) is 1. The van der Waals surface area contributed by atoms with Crippen LogP contribution in [0.25, 0.3) is 0 Å². The first-order chi connectivity index (χ1) is 9.33. The molecule has 2 rings (SSSR count). The molecule has 108 valence electrons. The Balaban J connectivity index is 2.35. The maximum atomic E-state index is 12.3. The fourth-order valence-electron chi connectivity index (χ4n) is 1.67. The highest BCUT2D eigenvalue weighted by Crippen LogP contribution is 2.28. The van der Waals surface area contributed by atoms with Gasteiger partial charge in [-0.15, -0.1) is 0 Å². The van der Waals surface area contributed by atoms with E-state index in [2.05, 4.69) is 20.7 Å². The molecule has 0 fully saturated rings. The summed E-state index contributed by atoms with van der Waals surface area (Å²) in [5.41, 5.74) is 2.55. The number of benzene rings is 1. The second kappa shape index (κ2) is 5.59. The van der Waals surface area contributed by atoms with E-state index in [1.165, 1.54) is 6.07 Å². The average molecular weight is 360 g/mol. The first kappa shape index (κ1) is 15.1. The fraction of sp³-hybridized carbons (Fsp3) is 0.231. The summed E-state index contributed by atoms with van der Waals surface area (Å²) in [7, 11) is -3.76. The van der Waals surface area contributed by atoms with E-state index in [9.17, 15) is 8.42 Å². The van der Waals surface area contributed by atoms with Crippen molar-refractivity contribution in [3.05, 3.63) is 45.8 Å². The minimum Gasteiger partial charge on any atom is -0.450 e. The smallest absolute Gasteiger partial charge is 0.266 e. The third-order valence-electron chi connectivity index (χ3n) is 2.91. The lowest BCUT2D eigenvalue weighted by atomic mass is 10.1. The van der Waals surface area contributed by atoms with Crippen LogP contribution in [-0.2, 0) is 16.6 Å². The van der Waals surface area contributed by atoms with Crippen LogP contribution in [0.1, 0.15) is 16.9 Å². The predicted molar refractivity (Wildman–Crippen MR) is 79.1 cm³/mol. The highest BCUT2D eigenvalue weighted by atomic mass is 79.9. The molecule has 2 N–H and O–H groups in total. The number of hydrogen-bond acceptors (Lipinski definition) is 4. The molecule has 1 aromatic heterocycles. The van der Waals surface area contributed by atoms with Gasteiger partial charge in [-0.1, -0.05) is 6.07 Å². The number of furan rings is 1. The van der Waals surface area contributed by atoms with Crippen molar-refractivity contribution in [3.8, 4) is 0 Å². The van der Waals surface area contributed by atoms with Gasteiger partial charge in [0.25, 0.3) is 10.0 Å². The SMILES string of the molecule is Cc1ccc(NS(=O)(=O)c2cc(CO)oc2Br)cc1C. The molecule has 0 amide bonds. The number of aliphatic hydroxyl groups excluding tert-OH is 1. The molecule has 0 spiro atoms. The van der Waals surface area contributed by atoms with Crippen LogP contribution < -0.4 is 4.72 Å². The van der Waals surface area contributed by atoms with Crippen molar-refractivity contribution in [2.75, 3.05) is 4.72 Å². The van der Waals surface area contributed by atoms with Crippen molar-refractivity contribution in [1.82, 2.24) is 0 Å². The highest BCUT2D eigenvalue weighted by molar-refractivity contribution is 9.10. The van der Waals surface area contributed by atoms with Crippen molar-refractivity contribution in [2.45, 2.75) is 25.3 Å². The van der Waals surface area contributed by atoms with Crippen molar-refractivity contribution in [2.24, 2.45) is 0 Å². The quantitative estimate of drug-likeness (QED) is 0.879. The van der Waals surface area contributed by atoms with E-state index >= 15 is 0 Å². The molecule has 0 unspecified atom stereocenters. The van der Waals surface area contributed by atoms with E-state index in [4.69, 9.17) is 9.52 Å². The lowest BCUT2D eigenvalue weighted by Crippen LogP contribution is -2.12. The summed E-state index contributed by atoms with van der Waals surface area (Å²) in [6.45, 7) is 3.50. The zero-order valence-corrected chi connectivity index (χ0v) is 13.4. The van der Waals surface area contributed by atoms with Crippen molar-refractivity contribution < 1.29 is 17.9 Å². The molecule has 0 saturated heterocycles. The van der Waals surface area contributed by atoms with Gasteiger partial charge in [-0.2, -0.15) is 0 Å². The molecule has 0 bridgehead atoms. The molecule has 2 aromatic rings. The van der Waals surface area contributed by atoms with E-state index in [0.717, 1.165) is 11.1 Å². The molecule has 0 aliphatic carbocycles. The lowest BCUT2D eigenvalue weighted by molar-refractivity contribution is 0.245. The Morgan fingerprint density at radius 3 is 2.50 bits per heavy atom. The first-order valence-electron chi connectivity index (χ1n) is 5.82. The summed E-state index contributed by atoms with van der Waals surface area (Å²) in [6, 6.07) is 6.58. The summed E-state index contributed by atoms with van der Waals surface area (Å²) >= 11 is 3.04. The van der Waals surface area contributed by atoms with Gasteiger partial charge in [0, 0.05) is 11.8 Å². The summed E-state index contributed by atoms with van der Waals surface area (Å²) < 4.78 is 32.2. The minimum atomic E-state index is -3.76. The van der Waals surface area contributed by atoms with Crippen LogP contribution >= 0.6 is 15.9 Å². The lowest BCUT2D eigenvalue weighted by Gasteiger charge is -2.08. The Morgan fingerprint density at radius 2 is 1.95 bits per heavy atom. The van der Waals surface area contributed by atoms with E-state index < -0.39 is 10.0 Å². The Bertz CT molecular complexity index is 737. The van der Waals surface area contributed by atoms with E-state index in [1.807, 2.05) is 19.9 Å². The Hall–Kier alpha value is -1.31.